The van der Waals surface area contributed by atoms with Crippen LogP contribution in [0.2, 0.25) is 0 Å². The fraction of sp³-hybridized carbons (Fsp3) is 0.941. The fourth-order valence-electron chi connectivity index (χ4n) is 5.25. The zero-order valence-electron chi connectivity index (χ0n) is 13.1. The molecule has 1 saturated carbocycles. The number of ether oxygens (including phenoxy) is 1. The van der Waals surface area contributed by atoms with Gasteiger partial charge >= 0.3 is 6.09 Å². The van der Waals surface area contributed by atoms with Gasteiger partial charge in [0.05, 0.1) is 0 Å². The number of thioether (sulfide) groups is 1. The largest absolute Gasteiger partial charge is 0.442 e. The number of piperidine rings is 1. The van der Waals surface area contributed by atoms with E-state index in [1.165, 1.54) is 25.7 Å². The van der Waals surface area contributed by atoms with Crippen molar-refractivity contribution in [1.29, 1.82) is 0 Å². The van der Waals surface area contributed by atoms with Gasteiger partial charge in [0.1, 0.15) is 5.60 Å². The van der Waals surface area contributed by atoms with Crippen LogP contribution in [0.4, 0.5) is 4.79 Å². The number of hydrogen-bond acceptors (Lipinski definition) is 3. The zero-order chi connectivity index (χ0) is 14.4. The molecule has 4 rings (SSSR count). The number of fused-ring (bicyclic) bond motifs is 5. The molecule has 5 unspecified atom stereocenters. The highest BCUT2D eigenvalue weighted by Crippen LogP contribution is 2.64. The van der Waals surface area contributed by atoms with E-state index in [9.17, 15) is 4.79 Å². The first-order chi connectivity index (χ1) is 10.2. The third-order valence-electron chi connectivity index (χ3n) is 6.38. The van der Waals surface area contributed by atoms with E-state index in [1.807, 2.05) is 4.90 Å². The molecule has 4 fully saturated rings. The highest BCUT2D eigenvalue weighted by atomic mass is 32.2. The van der Waals surface area contributed by atoms with Gasteiger partial charge in [-0.05, 0) is 50.4 Å². The van der Waals surface area contributed by atoms with Crippen LogP contribution in [0.25, 0.3) is 0 Å². The number of carbonyl (C=O) groups is 1. The number of nitrogens with zero attached hydrogens (tertiary/aromatic N) is 1. The van der Waals surface area contributed by atoms with Gasteiger partial charge in [0.2, 0.25) is 0 Å². The second-order valence-electron chi connectivity index (χ2n) is 7.39. The Kier molecular flexibility index (Phi) is 3.63. The van der Waals surface area contributed by atoms with E-state index in [0.717, 1.165) is 55.9 Å². The minimum Gasteiger partial charge on any atom is -0.442 e. The van der Waals surface area contributed by atoms with Gasteiger partial charge in [0, 0.05) is 30.0 Å². The minimum absolute atomic E-state index is 0.0285. The van der Waals surface area contributed by atoms with Crippen LogP contribution in [0.1, 0.15) is 58.3 Å². The topological polar surface area (TPSA) is 29.5 Å². The van der Waals surface area contributed by atoms with E-state index >= 15 is 0 Å². The Morgan fingerprint density at radius 1 is 1.19 bits per heavy atom. The summed E-state index contributed by atoms with van der Waals surface area (Å²) in [7, 11) is 0. The summed E-state index contributed by atoms with van der Waals surface area (Å²) in [5.74, 6) is 1.75. The van der Waals surface area contributed by atoms with Gasteiger partial charge in [0.25, 0.3) is 0 Å². The summed E-state index contributed by atoms with van der Waals surface area (Å²) < 4.78 is 6.20. The van der Waals surface area contributed by atoms with Crippen molar-refractivity contribution in [2.75, 3.05) is 13.1 Å². The van der Waals surface area contributed by atoms with E-state index in [1.54, 1.807) is 0 Å². The second kappa shape index (κ2) is 5.36. The summed E-state index contributed by atoms with van der Waals surface area (Å²) in [6.45, 7) is 4.01. The molecule has 0 radical (unpaired) electrons. The summed E-state index contributed by atoms with van der Waals surface area (Å²) >= 11 is 2.15. The Balaban J connectivity index is 1.48. The van der Waals surface area contributed by atoms with E-state index in [4.69, 9.17) is 4.74 Å². The maximum absolute atomic E-state index is 12.6. The maximum Gasteiger partial charge on any atom is 0.410 e. The highest BCUT2D eigenvalue weighted by molar-refractivity contribution is 8.01. The van der Waals surface area contributed by atoms with E-state index in [2.05, 4.69) is 18.7 Å². The average molecular weight is 309 g/mol. The first-order valence-electron chi connectivity index (χ1n) is 8.87. The van der Waals surface area contributed by atoms with Crippen LogP contribution in [0.15, 0.2) is 0 Å². The zero-order valence-corrected chi connectivity index (χ0v) is 13.9. The maximum atomic E-state index is 12.6. The molecule has 4 aliphatic rings. The first-order valence-corrected chi connectivity index (χ1v) is 9.81. The molecule has 1 amide bonds. The Hall–Kier alpha value is -0.380. The van der Waals surface area contributed by atoms with Gasteiger partial charge in [0.15, 0.2) is 0 Å². The van der Waals surface area contributed by atoms with Gasteiger partial charge < -0.3 is 9.64 Å². The molecule has 3 heterocycles. The summed E-state index contributed by atoms with van der Waals surface area (Å²) in [5.41, 5.74) is -0.157. The molecule has 21 heavy (non-hydrogen) atoms. The molecule has 2 bridgehead atoms. The van der Waals surface area contributed by atoms with Crippen molar-refractivity contribution < 1.29 is 9.53 Å². The predicted molar refractivity (Wildman–Crippen MR) is 85.5 cm³/mol. The minimum atomic E-state index is -0.157. The third kappa shape index (κ3) is 2.20. The first kappa shape index (κ1) is 14.2. The lowest BCUT2D eigenvalue weighted by Crippen LogP contribution is -2.51. The number of rotatable bonds is 2. The lowest BCUT2D eigenvalue weighted by atomic mass is 9.72. The van der Waals surface area contributed by atoms with Gasteiger partial charge in [-0.1, -0.05) is 13.3 Å². The van der Waals surface area contributed by atoms with Crippen LogP contribution >= 0.6 is 11.8 Å². The molecule has 0 aromatic carbocycles. The Bertz CT molecular complexity index is 423. The fourth-order valence-corrected chi connectivity index (χ4v) is 7.64. The van der Waals surface area contributed by atoms with Gasteiger partial charge in [-0.3, -0.25) is 0 Å². The molecule has 3 nitrogen and oxygen atoms in total. The van der Waals surface area contributed by atoms with Crippen LogP contribution in [0.3, 0.4) is 0 Å². The molecule has 4 heteroatoms. The Morgan fingerprint density at radius 3 is 2.71 bits per heavy atom. The van der Waals surface area contributed by atoms with Crippen molar-refractivity contribution in [2.24, 2.45) is 11.8 Å². The smallest absolute Gasteiger partial charge is 0.410 e. The molecule has 118 valence electrons. The van der Waals surface area contributed by atoms with Crippen molar-refractivity contribution >= 4 is 17.9 Å². The lowest BCUT2D eigenvalue weighted by molar-refractivity contribution is -0.0416. The van der Waals surface area contributed by atoms with E-state index in [0.29, 0.717) is 5.25 Å². The molecule has 3 saturated heterocycles. The van der Waals surface area contributed by atoms with Crippen LogP contribution in [0, 0.1) is 11.8 Å². The monoisotopic (exact) mass is 309 g/mol. The van der Waals surface area contributed by atoms with Crippen LogP contribution in [-0.2, 0) is 4.74 Å². The molecule has 1 aliphatic carbocycles. The summed E-state index contributed by atoms with van der Waals surface area (Å²) in [6, 6.07) is 0. The SMILES string of the molecule is CCC1(OC(=O)N2CCCCC2)CC2SC1C1CCCC21. The molecule has 0 N–H and O–H groups in total. The van der Waals surface area contributed by atoms with Crippen molar-refractivity contribution in [3.63, 3.8) is 0 Å². The normalized spacial score (nSPS) is 44.9. The van der Waals surface area contributed by atoms with Gasteiger partial charge in [-0.15, -0.1) is 0 Å². The standard InChI is InChI=1S/C17H27NO2S/c1-2-17(20-16(19)18-9-4-3-5-10-18)11-14-12-7-6-8-13(12)15(17)21-14/h12-15H,2-11H2,1H3. The van der Waals surface area contributed by atoms with Gasteiger partial charge in [-0.2, -0.15) is 11.8 Å². The van der Waals surface area contributed by atoms with Crippen molar-refractivity contribution in [3.05, 3.63) is 0 Å². The van der Waals surface area contributed by atoms with Crippen molar-refractivity contribution in [3.8, 4) is 0 Å². The van der Waals surface area contributed by atoms with Crippen LogP contribution in [-0.4, -0.2) is 40.2 Å². The molecule has 0 spiro atoms. The molecule has 0 aromatic heterocycles. The molecule has 5 atom stereocenters. The second-order valence-corrected chi connectivity index (χ2v) is 8.78. The van der Waals surface area contributed by atoms with Crippen molar-refractivity contribution in [1.82, 2.24) is 4.90 Å². The molecule has 3 aliphatic heterocycles. The Labute approximate surface area is 132 Å². The van der Waals surface area contributed by atoms with Crippen LogP contribution in [0.5, 0.6) is 0 Å². The van der Waals surface area contributed by atoms with Crippen LogP contribution < -0.4 is 0 Å². The van der Waals surface area contributed by atoms with Crippen molar-refractivity contribution in [2.45, 2.75) is 74.4 Å². The van der Waals surface area contributed by atoms with E-state index < -0.39 is 0 Å². The number of hydrogen-bond donors (Lipinski definition) is 0. The number of likely N-dealkylation sites (tertiary alicyclic amines) is 1. The average Bonchev–Trinajstić information content (AvgIpc) is 3.19. The summed E-state index contributed by atoms with van der Waals surface area (Å²) in [5, 5.41) is 1.34. The number of carbonyl (C=O) groups excluding carboxylic acids is 1. The molecule has 0 aromatic rings. The van der Waals surface area contributed by atoms with E-state index in [-0.39, 0.29) is 11.7 Å². The Morgan fingerprint density at radius 2 is 1.95 bits per heavy atom. The summed E-state index contributed by atoms with van der Waals surface area (Å²) in [6.07, 6.45) is 9.78. The number of amides is 1. The highest BCUT2D eigenvalue weighted by Gasteiger charge is 2.63. The predicted octanol–water partition coefficient (Wildman–Crippen LogP) is 4.06. The molecular weight excluding hydrogens is 282 g/mol. The quantitative estimate of drug-likeness (QED) is 0.770. The molecular formula is C17H27NO2S. The third-order valence-corrected chi connectivity index (χ3v) is 8.32. The van der Waals surface area contributed by atoms with Gasteiger partial charge in [-0.25, -0.2) is 4.79 Å². The lowest BCUT2D eigenvalue weighted by Gasteiger charge is -2.42. The summed E-state index contributed by atoms with van der Waals surface area (Å²) in [4.78, 5) is 14.5.